The van der Waals surface area contributed by atoms with Gasteiger partial charge in [-0.15, -0.1) is 0 Å². The van der Waals surface area contributed by atoms with E-state index in [1.54, 1.807) is 17.0 Å². The minimum atomic E-state index is -0.689. The van der Waals surface area contributed by atoms with Gasteiger partial charge in [-0.3, -0.25) is 14.6 Å². The van der Waals surface area contributed by atoms with Crippen molar-refractivity contribution in [3.8, 4) is 5.75 Å². The second-order valence-corrected chi connectivity index (χ2v) is 5.98. The van der Waals surface area contributed by atoms with Crippen molar-refractivity contribution < 1.29 is 13.9 Å². The number of aromatic nitrogens is 2. The van der Waals surface area contributed by atoms with E-state index in [0.717, 1.165) is 4.57 Å². The van der Waals surface area contributed by atoms with Crippen LogP contribution in [-0.4, -0.2) is 39.6 Å². The number of likely N-dealkylation sites (tertiary alicyclic amines) is 1. The molecule has 1 aromatic carbocycles. The fourth-order valence-electron chi connectivity index (χ4n) is 2.80. The molecule has 1 aliphatic heterocycles. The van der Waals surface area contributed by atoms with E-state index in [0.29, 0.717) is 31.7 Å². The van der Waals surface area contributed by atoms with E-state index in [1.807, 2.05) is 0 Å². The number of halogens is 1. The normalized spacial score (nSPS) is 15.2. The number of hydrogen-bond acceptors (Lipinski definition) is 4. The van der Waals surface area contributed by atoms with E-state index >= 15 is 0 Å². The van der Waals surface area contributed by atoms with Crippen LogP contribution < -0.4 is 16.0 Å². The summed E-state index contributed by atoms with van der Waals surface area (Å²) in [5.74, 6) is -0.320. The van der Waals surface area contributed by atoms with Crippen LogP contribution in [0.3, 0.4) is 0 Å². The van der Waals surface area contributed by atoms with Crippen molar-refractivity contribution in [1.29, 1.82) is 0 Å². The molecule has 0 radical (unpaired) electrons. The second-order valence-electron chi connectivity index (χ2n) is 5.98. The average molecular weight is 347 g/mol. The first-order valence-electron chi connectivity index (χ1n) is 7.95. The lowest BCUT2D eigenvalue weighted by Gasteiger charge is -2.32. The number of nitrogens with one attached hydrogen (secondary N) is 1. The summed E-state index contributed by atoms with van der Waals surface area (Å²) < 4.78 is 20.1. The number of H-pyrrole nitrogens is 1. The quantitative estimate of drug-likeness (QED) is 0.894. The summed E-state index contributed by atoms with van der Waals surface area (Å²) in [6.45, 7) is 0.836. The number of hydrogen-bond donors (Lipinski definition) is 1. The zero-order chi connectivity index (χ0) is 18.0. The highest BCUT2D eigenvalue weighted by Gasteiger charge is 2.26. The smallest absolute Gasteiger partial charge is 0.328 e. The minimum absolute atomic E-state index is 0.0633. The van der Waals surface area contributed by atoms with Crippen LogP contribution in [0.25, 0.3) is 0 Å². The molecule has 0 aliphatic carbocycles. The SMILES string of the molecule is Cn1cc(C(=O)N2CCC(Oc3cccc(F)c3)CC2)c(=O)[nH]c1=O. The summed E-state index contributed by atoms with van der Waals surface area (Å²) >= 11 is 0. The van der Waals surface area contributed by atoms with Gasteiger partial charge in [-0.25, -0.2) is 9.18 Å². The minimum Gasteiger partial charge on any atom is -0.490 e. The van der Waals surface area contributed by atoms with Crippen molar-refractivity contribution in [3.63, 3.8) is 0 Å². The third-order valence-electron chi connectivity index (χ3n) is 4.17. The van der Waals surface area contributed by atoms with Crippen LogP contribution in [-0.2, 0) is 7.05 Å². The lowest BCUT2D eigenvalue weighted by Crippen LogP contribution is -2.44. The Kier molecular flexibility index (Phi) is 4.69. The maximum atomic E-state index is 13.2. The molecular weight excluding hydrogens is 329 g/mol. The molecule has 1 aromatic heterocycles. The molecule has 0 spiro atoms. The van der Waals surface area contributed by atoms with Crippen LogP contribution in [0.1, 0.15) is 23.2 Å². The average Bonchev–Trinajstić information content (AvgIpc) is 2.58. The van der Waals surface area contributed by atoms with Crippen molar-refractivity contribution in [2.75, 3.05) is 13.1 Å². The maximum Gasteiger partial charge on any atom is 0.328 e. The third kappa shape index (κ3) is 3.78. The molecule has 1 fully saturated rings. The number of rotatable bonds is 3. The third-order valence-corrected chi connectivity index (χ3v) is 4.17. The van der Waals surface area contributed by atoms with Gasteiger partial charge >= 0.3 is 5.69 Å². The molecule has 7 nitrogen and oxygen atoms in total. The molecule has 2 aromatic rings. The number of carbonyl (C=O) groups is 1. The predicted molar refractivity (Wildman–Crippen MR) is 88.3 cm³/mol. The zero-order valence-corrected chi connectivity index (χ0v) is 13.7. The number of carbonyl (C=O) groups excluding carboxylic acids is 1. The first-order chi connectivity index (χ1) is 11.9. The van der Waals surface area contributed by atoms with Gasteiger partial charge in [0.1, 0.15) is 23.2 Å². The molecule has 0 saturated carbocycles. The number of piperidine rings is 1. The number of amides is 1. The van der Waals surface area contributed by atoms with Gasteiger partial charge in [-0.2, -0.15) is 0 Å². The highest BCUT2D eigenvalue weighted by molar-refractivity contribution is 5.93. The first-order valence-corrected chi connectivity index (χ1v) is 7.95. The van der Waals surface area contributed by atoms with E-state index in [4.69, 9.17) is 4.74 Å². The lowest BCUT2D eigenvalue weighted by atomic mass is 10.1. The predicted octanol–water partition coefficient (Wildman–Crippen LogP) is 0.896. The van der Waals surface area contributed by atoms with E-state index in [1.165, 1.54) is 25.4 Å². The topological polar surface area (TPSA) is 84.4 Å². The number of nitrogens with zero attached hydrogens (tertiary/aromatic N) is 2. The molecule has 1 saturated heterocycles. The molecule has 2 heterocycles. The Labute approximate surface area is 142 Å². The second kappa shape index (κ2) is 6.92. The Morgan fingerprint density at radius 2 is 2.00 bits per heavy atom. The molecule has 8 heteroatoms. The highest BCUT2D eigenvalue weighted by atomic mass is 19.1. The summed E-state index contributed by atoms with van der Waals surface area (Å²) in [6.07, 6.45) is 2.28. The van der Waals surface area contributed by atoms with Crippen molar-refractivity contribution in [3.05, 3.63) is 62.7 Å². The molecule has 1 amide bonds. The number of aryl methyl sites for hydroxylation is 1. The van der Waals surface area contributed by atoms with E-state index in [9.17, 15) is 18.8 Å². The fraction of sp³-hybridized carbons (Fsp3) is 0.353. The Morgan fingerprint density at radius 1 is 1.28 bits per heavy atom. The van der Waals surface area contributed by atoms with E-state index < -0.39 is 17.2 Å². The molecule has 25 heavy (non-hydrogen) atoms. The zero-order valence-electron chi connectivity index (χ0n) is 13.7. The molecule has 1 aliphatic rings. The van der Waals surface area contributed by atoms with Crippen molar-refractivity contribution in [2.45, 2.75) is 18.9 Å². The lowest BCUT2D eigenvalue weighted by molar-refractivity contribution is 0.0592. The number of ether oxygens (including phenoxy) is 1. The Balaban J connectivity index is 1.64. The monoisotopic (exact) mass is 347 g/mol. The van der Waals surface area contributed by atoms with Crippen LogP contribution in [0.2, 0.25) is 0 Å². The van der Waals surface area contributed by atoms with Crippen LogP contribution in [0.4, 0.5) is 4.39 Å². The molecule has 0 atom stereocenters. The van der Waals surface area contributed by atoms with Gasteiger partial charge in [-0.05, 0) is 12.1 Å². The Morgan fingerprint density at radius 3 is 2.68 bits per heavy atom. The van der Waals surface area contributed by atoms with Gasteiger partial charge in [0.2, 0.25) is 0 Å². The van der Waals surface area contributed by atoms with Gasteiger partial charge < -0.3 is 14.2 Å². The summed E-state index contributed by atoms with van der Waals surface area (Å²) in [6, 6.07) is 5.93. The maximum absolute atomic E-state index is 13.2. The van der Waals surface area contributed by atoms with Crippen LogP contribution in [0.5, 0.6) is 5.75 Å². The molecule has 0 bridgehead atoms. The van der Waals surface area contributed by atoms with Gasteiger partial charge in [-0.1, -0.05) is 6.07 Å². The largest absolute Gasteiger partial charge is 0.490 e. The molecular formula is C17H18FN3O4. The number of benzene rings is 1. The van der Waals surface area contributed by atoms with Crippen molar-refractivity contribution >= 4 is 5.91 Å². The highest BCUT2D eigenvalue weighted by Crippen LogP contribution is 2.20. The standard InChI is InChI=1S/C17H18FN3O4/c1-20-10-14(15(22)19-17(20)24)16(23)21-7-5-12(6-8-21)25-13-4-2-3-11(18)9-13/h2-4,9-10,12H,5-8H2,1H3,(H,19,22,24). The van der Waals surface area contributed by atoms with Gasteiger partial charge in [0.15, 0.2) is 0 Å². The first kappa shape index (κ1) is 16.9. The van der Waals surface area contributed by atoms with E-state index in [-0.39, 0.29) is 17.5 Å². The van der Waals surface area contributed by atoms with Gasteiger partial charge in [0, 0.05) is 45.2 Å². The summed E-state index contributed by atoms with van der Waals surface area (Å²) in [5.41, 5.74) is -1.32. The van der Waals surface area contributed by atoms with Crippen LogP contribution >= 0.6 is 0 Å². The Bertz CT molecular complexity index is 897. The van der Waals surface area contributed by atoms with Crippen molar-refractivity contribution in [2.24, 2.45) is 7.05 Å². The van der Waals surface area contributed by atoms with Crippen LogP contribution in [0.15, 0.2) is 40.1 Å². The summed E-state index contributed by atoms with van der Waals surface area (Å²) in [5, 5.41) is 0. The molecule has 0 unspecified atom stereocenters. The molecule has 3 rings (SSSR count). The molecule has 132 valence electrons. The van der Waals surface area contributed by atoms with Gasteiger partial charge in [0.25, 0.3) is 11.5 Å². The molecule has 1 N–H and O–H groups in total. The Hall–Kier alpha value is -2.90. The van der Waals surface area contributed by atoms with Gasteiger partial charge in [0.05, 0.1) is 0 Å². The van der Waals surface area contributed by atoms with E-state index in [2.05, 4.69) is 4.98 Å². The summed E-state index contributed by atoms with van der Waals surface area (Å²) in [4.78, 5) is 39.4. The number of aromatic amines is 1. The van der Waals surface area contributed by atoms with Crippen molar-refractivity contribution in [1.82, 2.24) is 14.5 Å². The fourth-order valence-corrected chi connectivity index (χ4v) is 2.80. The summed E-state index contributed by atoms with van der Waals surface area (Å²) in [7, 11) is 1.47. The van der Waals surface area contributed by atoms with Crippen LogP contribution in [0, 0.1) is 5.82 Å².